The normalized spacial score (nSPS) is 11.6. The molecule has 0 saturated heterocycles. The van der Waals surface area contributed by atoms with Crippen molar-refractivity contribution in [2.75, 3.05) is 13.6 Å². The van der Waals surface area contributed by atoms with E-state index in [2.05, 4.69) is 37.9 Å². The highest BCUT2D eigenvalue weighted by molar-refractivity contribution is 5.72. The van der Waals surface area contributed by atoms with Crippen molar-refractivity contribution in [2.45, 2.75) is 33.4 Å². The second-order valence-electron chi connectivity index (χ2n) is 7.48. The quantitative estimate of drug-likeness (QED) is 0.480. The minimum Gasteiger partial charge on any atom is -0.408 e. The van der Waals surface area contributed by atoms with Crippen molar-refractivity contribution in [1.29, 1.82) is 0 Å². The Kier molecular flexibility index (Phi) is 5.36. The monoisotopic (exact) mass is 390 g/mol. The Morgan fingerprint density at radius 1 is 1.03 bits per heavy atom. The minimum absolute atomic E-state index is 0.287. The lowest BCUT2D eigenvalue weighted by atomic mass is 10.2. The van der Waals surface area contributed by atoms with Gasteiger partial charge in [-0.1, -0.05) is 30.3 Å². The maximum absolute atomic E-state index is 12.1. The van der Waals surface area contributed by atoms with Crippen LogP contribution in [0.4, 0.5) is 0 Å². The lowest BCUT2D eigenvalue weighted by Gasteiger charge is -2.17. The first-order chi connectivity index (χ1) is 14.0. The highest BCUT2D eigenvalue weighted by Crippen LogP contribution is 2.19. The lowest BCUT2D eigenvalue weighted by molar-refractivity contribution is 0.311. The minimum atomic E-state index is -0.287. The molecule has 2 heterocycles. The summed E-state index contributed by atoms with van der Waals surface area (Å²) in [5.41, 5.74) is 6.05. The van der Waals surface area contributed by atoms with Crippen LogP contribution in [-0.4, -0.2) is 32.8 Å². The van der Waals surface area contributed by atoms with Crippen molar-refractivity contribution >= 4 is 11.1 Å². The lowest BCUT2D eigenvalue weighted by Crippen LogP contribution is -2.23. The maximum atomic E-state index is 12.1. The summed E-state index contributed by atoms with van der Waals surface area (Å²) in [6.45, 7) is 6.52. The number of benzene rings is 2. The first-order valence-electron chi connectivity index (χ1n) is 9.92. The molecule has 4 aromatic rings. The Hall–Kier alpha value is -3.12. The molecule has 0 aliphatic heterocycles. The zero-order valence-corrected chi connectivity index (χ0v) is 17.1. The zero-order chi connectivity index (χ0) is 20.4. The van der Waals surface area contributed by atoms with E-state index in [0.29, 0.717) is 12.1 Å². The van der Waals surface area contributed by atoms with Crippen LogP contribution >= 0.6 is 0 Å². The number of hydrogen-bond acceptors (Lipinski definition) is 4. The van der Waals surface area contributed by atoms with E-state index in [1.54, 1.807) is 4.57 Å². The second kappa shape index (κ2) is 8.09. The fourth-order valence-corrected chi connectivity index (χ4v) is 3.80. The first-order valence-corrected chi connectivity index (χ1v) is 9.92. The van der Waals surface area contributed by atoms with Crippen LogP contribution in [0.5, 0.6) is 0 Å². The molecule has 0 fully saturated rings. The largest absolute Gasteiger partial charge is 0.419 e. The van der Waals surface area contributed by atoms with Crippen LogP contribution in [0.1, 0.15) is 23.4 Å². The van der Waals surface area contributed by atoms with E-state index in [1.807, 2.05) is 47.1 Å². The molecule has 0 atom stereocenters. The van der Waals surface area contributed by atoms with Crippen LogP contribution in [0.15, 0.2) is 63.8 Å². The molecule has 6 heteroatoms. The Balaban J connectivity index is 1.41. The van der Waals surface area contributed by atoms with Gasteiger partial charge in [0.1, 0.15) is 0 Å². The molecule has 150 valence electrons. The van der Waals surface area contributed by atoms with E-state index in [4.69, 9.17) is 9.52 Å². The predicted octanol–water partition coefficient (Wildman–Crippen LogP) is 3.92. The number of rotatable bonds is 7. The van der Waals surface area contributed by atoms with Gasteiger partial charge in [-0.25, -0.2) is 9.48 Å². The van der Waals surface area contributed by atoms with Crippen molar-refractivity contribution in [3.8, 4) is 5.69 Å². The van der Waals surface area contributed by atoms with Gasteiger partial charge in [-0.2, -0.15) is 5.10 Å². The van der Waals surface area contributed by atoms with Gasteiger partial charge >= 0.3 is 5.76 Å². The van der Waals surface area contributed by atoms with Gasteiger partial charge in [-0.05, 0) is 58.1 Å². The molecule has 4 rings (SSSR count). The molecule has 0 aliphatic rings. The van der Waals surface area contributed by atoms with Crippen LogP contribution in [0.3, 0.4) is 0 Å². The topological polar surface area (TPSA) is 56.2 Å². The van der Waals surface area contributed by atoms with Gasteiger partial charge in [-0.15, -0.1) is 0 Å². The molecular formula is C23H26N4O2. The SMILES string of the molecule is Cc1nn(-c2ccccc2)c(C)c1CN(C)CCCn1c(=O)oc2ccccc21. The number of hydrogen-bond donors (Lipinski definition) is 0. The molecular weight excluding hydrogens is 364 g/mol. The summed E-state index contributed by atoms with van der Waals surface area (Å²) in [4.78, 5) is 14.4. The summed E-state index contributed by atoms with van der Waals surface area (Å²) in [6.07, 6.45) is 0.866. The second-order valence-corrected chi connectivity index (χ2v) is 7.48. The molecule has 0 amide bonds. The molecule has 0 unspecified atom stereocenters. The summed E-state index contributed by atoms with van der Waals surface area (Å²) in [5, 5.41) is 4.73. The average molecular weight is 390 g/mol. The van der Waals surface area contributed by atoms with Gasteiger partial charge in [0.05, 0.1) is 16.9 Å². The number of para-hydroxylation sites is 3. The van der Waals surface area contributed by atoms with E-state index in [-0.39, 0.29) is 5.76 Å². The number of fused-ring (bicyclic) bond motifs is 1. The molecule has 2 aromatic heterocycles. The van der Waals surface area contributed by atoms with Crippen LogP contribution in [0.25, 0.3) is 16.8 Å². The average Bonchev–Trinajstić information content (AvgIpc) is 3.19. The zero-order valence-electron chi connectivity index (χ0n) is 17.1. The first kappa shape index (κ1) is 19.2. The third-order valence-electron chi connectivity index (χ3n) is 5.37. The molecule has 0 aliphatic carbocycles. The predicted molar refractivity (Wildman–Crippen MR) is 114 cm³/mol. The summed E-state index contributed by atoms with van der Waals surface area (Å²) in [5.74, 6) is -0.287. The molecule has 0 spiro atoms. The summed E-state index contributed by atoms with van der Waals surface area (Å²) >= 11 is 0. The Labute approximate surface area is 170 Å². The van der Waals surface area contributed by atoms with Crippen molar-refractivity contribution in [3.63, 3.8) is 0 Å². The summed E-state index contributed by atoms with van der Waals surface area (Å²) in [6, 6.07) is 17.8. The van der Waals surface area contributed by atoms with Crippen LogP contribution < -0.4 is 5.76 Å². The third-order valence-corrected chi connectivity index (χ3v) is 5.37. The standard InChI is InChI=1S/C23H26N4O2/c1-17-20(18(2)27(24-17)19-10-5-4-6-11-19)16-25(3)14-9-15-26-21-12-7-8-13-22(21)29-23(26)28/h4-8,10-13H,9,14-16H2,1-3H3. The van der Waals surface area contributed by atoms with Gasteiger partial charge in [0.15, 0.2) is 5.58 Å². The molecule has 0 bridgehead atoms. The Morgan fingerprint density at radius 2 is 1.76 bits per heavy atom. The molecule has 0 N–H and O–H groups in total. The Morgan fingerprint density at radius 3 is 2.55 bits per heavy atom. The van der Waals surface area contributed by atoms with E-state index >= 15 is 0 Å². The summed E-state index contributed by atoms with van der Waals surface area (Å²) < 4.78 is 9.04. The van der Waals surface area contributed by atoms with Gasteiger partial charge in [-0.3, -0.25) is 4.57 Å². The smallest absolute Gasteiger partial charge is 0.408 e. The fourth-order valence-electron chi connectivity index (χ4n) is 3.80. The van der Waals surface area contributed by atoms with Gasteiger partial charge in [0.25, 0.3) is 0 Å². The molecule has 0 saturated carbocycles. The van der Waals surface area contributed by atoms with Crippen LogP contribution in [-0.2, 0) is 13.1 Å². The summed E-state index contributed by atoms with van der Waals surface area (Å²) in [7, 11) is 2.11. The van der Waals surface area contributed by atoms with Crippen molar-refractivity contribution < 1.29 is 4.42 Å². The van der Waals surface area contributed by atoms with Crippen LogP contribution in [0, 0.1) is 13.8 Å². The number of oxazole rings is 1. The van der Waals surface area contributed by atoms with E-state index in [1.165, 1.54) is 5.56 Å². The Bertz CT molecular complexity index is 1170. The van der Waals surface area contributed by atoms with Crippen molar-refractivity contribution in [2.24, 2.45) is 0 Å². The fraction of sp³-hybridized carbons (Fsp3) is 0.304. The van der Waals surface area contributed by atoms with E-state index < -0.39 is 0 Å². The number of nitrogens with zero attached hydrogens (tertiary/aromatic N) is 4. The molecule has 0 radical (unpaired) electrons. The molecule has 2 aromatic carbocycles. The van der Waals surface area contributed by atoms with Gasteiger partial charge in [0.2, 0.25) is 0 Å². The van der Waals surface area contributed by atoms with Crippen molar-refractivity contribution in [3.05, 3.63) is 82.1 Å². The molecule has 6 nitrogen and oxygen atoms in total. The van der Waals surface area contributed by atoms with E-state index in [0.717, 1.165) is 42.1 Å². The molecule has 29 heavy (non-hydrogen) atoms. The highest BCUT2D eigenvalue weighted by Gasteiger charge is 2.15. The van der Waals surface area contributed by atoms with E-state index in [9.17, 15) is 4.79 Å². The van der Waals surface area contributed by atoms with Gasteiger partial charge in [0, 0.05) is 24.3 Å². The highest BCUT2D eigenvalue weighted by atomic mass is 16.4. The number of aryl methyl sites for hydroxylation is 2. The third kappa shape index (κ3) is 3.89. The van der Waals surface area contributed by atoms with Crippen molar-refractivity contribution in [1.82, 2.24) is 19.2 Å². The van der Waals surface area contributed by atoms with Gasteiger partial charge < -0.3 is 9.32 Å². The van der Waals surface area contributed by atoms with Crippen LogP contribution in [0.2, 0.25) is 0 Å². The number of aromatic nitrogens is 3. The maximum Gasteiger partial charge on any atom is 0.419 e.